The summed E-state index contributed by atoms with van der Waals surface area (Å²) in [6, 6.07) is 10.8. The van der Waals surface area contributed by atoms with Crippen LogP contribution in [0.25, 0.3) is 22.3 Å². The summed E-state index contributed by atoms with van der Waals surface area (Å²) in [5.74, 6) is 0.808. The average molecular weight is 834 g/mol. The first-order chi connectivity index (χ1) is 29.4. The normalized spacial score (nSPS) is 24.7. The number of nitrogens with one attached hydrogen (secondary N) is 2. The lowest BCUT2D eigenvalue weighted by atomic mass is 9.85. The van der Waals surface area contributed by atoms with Gasteiger partial charge in [-0.2, -0.15) is 5.10 Å². The number of piperidine rings is 4. The molecule has 0 radical (unpaired) electrons. The number of anilines is 2. The van der Waals surface area contributed by atoms with Crippen LogP contribution in [0.1, 0.15) is 101 Å². The number of aromatic nitrogens is 4. The fraction of sp³-hybridized carbons (Fsp3) is 0.565. The van der Waals surface area contributed by atoms with Crippen molar-refractivity contribution in [2.75, 3.05) is 49.1 Å². The number of carbonyl (C=O) groups is 3. The van der Waals surface area contributed by atoms with Gasteiger partial charge in [0, 0.05) is 73.8 Å². The number of hydrogen-bond donors (Lipinski definition) is 2. The predicted octanol–water partition coefficient (Wildman–Crippen LogP) is 6.00. The van der Waals surface area contributed by atoms with Gasteiger partial charge in [-0.3, -0.25) is 29.7 Å². The van der Waals surface area contributed by atoms with E-state index in [0.717, 1.165) is 111 Å². The fourth-order valence-electron chi connectivity index (χ4n) is 10.3. The maximum atomic E-state index is 16.0. The molecule has 2 aromatic heterocycles. The molecule has 1 saturated carbocycles. The number of fused-ring (bicyclic) bond motifs is 2. The van der Waals surface area contributed by atoms with Crippen molar-refractivity contribution in [2.24, 2.45) is 5.92 Å². The van der Waals surface area contributed by atoms with Crippen LogP contribution >= 0.6 is 0 Å². The largest absolute Gasteiger partial charge is 0.488 e. The lowest BCUT2D eigenvalue weighted by molar-refractivity contribution is -0.136. The summed E-state index contributed by atoms with van der Waals surface area (Å²) in [5, 5.41) is 11.1. The summed E-state index contributed by atoms with van der Waals surface area (Å²) in [5.41, 5.74) is 3.65. The van der Waals surface area contributed by atoms with Gasteiger partial charge >= 0.3 is 0 Å². The van der Waals surface area contributed by atoms with Crippen molar-refractivity contribution in [1.82, 2.24) is 35.3 Å². The van der Waals surface area contributed by atoms with Crippen LogP contribution in [0.2, 0.25) is 0 Å². The molecule has 7 heterocycles. The zero-order chi connectivity index (χ0) is 42.0. The van der Waals surface area contributed by atoms with Crippen molar-refractivity contribution in [2.45, 2.75) is 121 Å². The van der Waals surface area contributed by atoms with Gasteiger partial charge in [0.1, 0.15) is 35.2 Å². The van der Waals surface area contributed by atoms with E-state index in [9.17, 15) is 14.4 Å². The molecule has 2 atom stereocenters. The van der Waals surface area contributed by atoms with Crippen LogP contribution in [0.15, 0.2) is 42.7 Å². The Balaban J connectivity index is 0.693. The monoisotopic (exact) mass is 833 g/mol. The summed E-state index contributed by atoms with van der Waals surface area (Å²) < 4.78 is 29.0. The second-order valence-corrected chi connectivity index (χ2v) is 19.0. The molecule has 0 spiro atoms. The van der Waals surface area contributed by atoms with Gasteiger partial charge in [-0.1, -0.05) is 0 Å². The standard InChI is InChI=1S/C46H56FN9O5/c1-45(2)24-31(60-29-12-19-53(20-13-29)37-7-5-32-34(41(37)47)26-56(44(32)59)38-8-9-40(57)50-43(38)58)14-21-55(45)25-28-10-17-54(18-11-28)39-23-36(48-27-49-39)42-33-22-30(61-46(3)15-16-46)4-6-35(33)51-52-42/h4-7,22-23,27-29,31,38H,8-21,24-26H2,1-3H3,(H,51,52)(H,50,57,58)/t31-,38?/m1/s1. The lowest BCUT2D eigenvalue weighted by Crippen LogP contribution is -2.54. The smallest absolute Gasteiger partial charge is 0.255 e. The van der Waals surface area contributed by atoms with Crippen molar-refractivity contribution in [3.8, 4) is 17.1 Å². The number of rotatable bonds is 10. The van der Waals surface area contributed by atoms with Crippen LogP contribution in [0.3, 0.4) is 0 Å². The van der Waals surface area contributed by atoms with Crippen LogP contribution in [0, 0.1) is 11.7 Å². The number of amides is 3. The molecule has 4 saturated heterocycles. The Morgan fingerprint density at radius 3 is 2.39 bits per heavy atom. The third-order valence-corrected chi connectivity index (χ3v) is 14.3. The number of likely N-dealkylation sites (tertiary alicyclic amines) is 1. The molecule has 2 N–H and O–H groups in total. The minimum absolute atomic E-state index is 0.0165. The van der Waals surface area contributed by atoms with Crippen LogP contribution < -0.4 is 19.9 Å². The Bertz CT molecular complexity index is 2350. The quantitative estimate of drug-likeness (QED) is 0.182. The van der Waals surface area contributed by atoms with Gasteiger partial charge in [-0.05, 0) is 115 Å². The number of ether oxygens (including phenoxy) is 2. The van der Waals surface area contributed by atoms with Crippen LogP contribution in [-0.4, -0.2) is 116 Å². The van der Waals surface area contributed by atoms with Crippen molar-refractivity contribution in [1.29, 1.82) is 0 Å². The first-order valence-corrected chi connectivity index (χ1v) is 22.3. The Labute approximate surface area is 355 Å². The summed E-state index contributed by atoms with van der Waals surface area (Å²) in [4.78, 5) is 55.1. The molecule has 0 bridgehead atoms. The summed E-state index contributed by atoms with van der Waals surface area (Å²) in [7, 11) is 0. The predicted molar refractivity (Wildman–Crippen MR) is 228 cm³/mol. The van der Waals surface area contributed by atoms with Gasteiger partial charge < -0.3 is 24.2 Å². The Morgan fingerprint density at radius 1 is 0.869 bits per heavy atom. The number of carbonyl (C=O) groups excluding carboxylic acids is 3. The topological polar surface area (TPSA) is 149 Å². The molecular weight excluding hydrogens is 778 g/mol. The van der Waals surface area contributed by atoms with Gasteiger partial charge in [-0.25, -0.2) is 14.4 Å². The molecule has 5 fully saturated rings. The molecule has 15 heteroatoms. The van der Waals surface area contributed by atoms with Gasteiger partial charge in [0.25, 0.3) is 5.91 Å². The van der Waals surface area contributed by atoms with Crippen LogP contribution in [-0.2, 0) is 20.9 Å². The Hall–Kier alpha value is -5.15. The van der Waals surface area contributed by atoms with E-state index in [0.29, 0.717) is 35.8 Å². The summed E-state index contributed by atoms with van der Waals surface area (Å²) in [6.45, 7) is 12.2. The molecule has 322 valence electrons. The first-order valence-electron chi connectivity index (χ1n) is 22.3. The van der Waals surface area contributed by atoms with E-state index in [1.165, 1.54) is 4.90 Å². The maximum absolute atomic E-state index is 16.0. The fourth-order valence-corrected chi connectivity index (χ4v) is 10.3. The minimum atomic E-state index is -0.768. The van der Waals surface area contributed by atoms with E-state index >= 15 is 4.39 Å². The number of imide groups is 1. The molecular formula is C46H56FN9O5. The molecule has 4 aromatic rings. The van der Waals surface area contributed by atoms with Gasteiger partial charge in [0.2, 0.25) is 11.8 Å². The SMILES string of the molecule is CC1(Oc2ccc3[nH]nc(-c4cc(N5CCC(CN6CC[C@@H](OC7CCN(c8ccc9c(c8F)CN(C8CCC(=O)NC8=O)C9=O)CC7)CC6(C)C)CC5)ncn4)c3c2)CC1. The number of halogens is 1. The third kappa shape index (κ3) is 7.95. The zero-order valence-electron chi connectivity index (χ0n) is 35.4. The number of aromatic amines is 1. The van der Waals surface area contributed by atoms with Crippen LogP contribution in [0.4, 0.5) is 15.9 Å². The van der Waals surface area contributed by atoms with E-state index in [-0.39, 0.29) is 54.5 Å². The second kappa shape index (κ2) is 15.6. The highest BCUT2D eigenvalue weighted by atomic mass is 19.1. The highest BCUT2D eigenvalue weighted by Gasteiger charge is 2.43. The summed E-state index contributed by atoms with van der Waals surface area (Å²) in [6.07, 6.45) is 10.3. The van der Waals surface area contributed by atoms with Gasteiger partial charge in [0.15, 0.2) is 5.82 Å². The van der Waals surface area contributed by atoms with E-state index in [2.05, 4.69) is 73.1 Å². The molecule has 10 rings (SSSR count). The number of nitrogens with zero attached hydrogens (tertiary/aromatic N) is 7. The minimum Gasteiger partial charge on any atom is -0.488 e. The molecule has 1 unspecified atom stereocenters. The second-order valence-electron chi connectivity index (χ2n) is 19.0. The molecule has 6 aliphatic rings. The highest BCUT2D eigenvalue weighted by Crippen LogP contribution is 2.41. The first kappa shape index (κ1) is 40.0. The average Bonchev–Trinajstić information content (AvgIpc) is 3.66. The van der Waals surface area contributed by atoms with Gasteiger partial charge in [-0.15, -0.1) is 0 Å². The van der Waals surface area contributed by atoms with E-state index in [1.54, 1.807) is 18.5 Å². The molecule has 14 nitrogen and oxygen atoms in total. The molecule has 2 aromatic carbocycles. The van der Waals surface area contributed by atoms with Gasteiger partial charge in [0.05, 0.1) is 35.7 Å². The lowest BCUT2D eigenvalue weighted by Gasteiger charge is -2.48. The van der Waals surface area contributed by atoms with Crippen molar-refractivity contribution < 1.29 is 28.2 Å². The maximum Gasteiger partial charge on any atom is 0.255 e. The molecule has 61 heavy (non-hydrogen) atoms. The van der Waals surface area contributed by atoms with Crippen molar-refractivity contribution in [3.63, 3.8) is 0 Å². The van der Waals surface area contributed by atoms with Crippen molar-refractivity contribution >= 4 is 40.1 Å². The Morgan fingerprint density at radius 2 is 1.64 bits per heavy atom. The van der Waals surface area contributed by atoms with Crippen molar-refractivity contribution in [3.05, 3.63) is 59.7 Å². The number of hydrogen-bond acceptors (Lipinski definition) is 11. The third-order valence-electron chi connectivity index (χ3n) is 14.3. The summed E-state index contributed by atoms with van der Waals surface area (Å²) >= 11 is 0. The number of benzene rings is 2. The van der Waals surface area contributed by atoms with E-state index in [1.807, 2.05) is 12.1 Å². The van der Waals surface area contributed by atoms with E-state index < -0.39 is 17.8 Å². The Kier molecular flexibility index (Phi) is 10.2. The molecule has 3 amide bonds. The van der Waals surface area contributed by atoms with E-state index in [4.69, 9.17) is 9.47 Å². The van der Waals surface area contributed by atoms with Crippen LogP contribution in [0.5, 0.6) is 5.75 Å². The molecule has 1 aliphatic carbocycles. The highest BCUT2D eigenvalue weighted by molar-refractivity contribution is 6.05. The number of H-pyrrole nitrogens is 1. The zero-order valence-corrected chi connectivity index (χ0v) is 35.4. The molecule has 5 aliphatic heterocycles.